The number of hydrogen-bond donors (Lipinski definition) is 0. The van der Waals surface area contributed by atoms with Crippen LogP contribution >= 0.6 is 15.9 Å². The molecule has 1 aromatic rings. The van der Waals surface area contributed by atoms with E-state index in [2.05, 4.69) is 15.9 Å². The number of rotatable bonds is 2. The zero-order valence-corrected chi connectivity index (χ0v) is 9.04. The maximum absolute atomic E-state index is 12.7. The van der Waals surface area contributed by atoms with Crippen LogP contribution in [0.15, 0.2) is 17.7 Å². The van der Waals surface area contributed by atoms with E-state index < -0.39 is 17.5 Å². The summed E-state index contributed by atoms with van der Waals surface area (Å²) in [5.74, 6) is -3.77. The van der Waals surface area contributed by atoms with E-state index in [4.69, 9.17) is 0 Å². The van der Waals surface area contributed by atoms with Crippen molar-refractivity contribution in [3.8, 4) is 0 Å². The van der Waals surface area contributed by atoms with Crippen molar-refractivity contribution in [1.82, 2.24) is 0 Å². The molecule has 0 aliphatic heterocycles. The molecular weight excluding hydrogens is 257 g/mol. The standard InChI is InChI=1S/C10H8BrF3/c1-6(5-11)2-7-3-8(12)10(14)9(13)4-7/h2-4H,5H2,1H3. The monoisotopic (exact) mass is 264 g/mol. The molecule has 0 nitrogen and oxygen atoms in total. The van der Waals surface area contributed by atoms with Crippen molar-refractivity contribution in [2.45, 2.75) is 6.92 Å². The minimum atomic E-state index is -1.43. The lowest BCUT2D eigenvalue weighted by molar-refractivity contribution is 0.447. The molecule has 0 N–H and O–H groups in total. The number of alkyl halides is 1. The van der Waals surface area contributed by atoms with E-state index in [-0.39, 0.29) is 0 Å². The van der Waals surface area contributed by atoms with E-state index in [0.29, 0.717) is 10.9 Å². The molecule has 0 heterocycles. The van der Waals surface area contributed by atoms with E-state index in [1.807, 2.05) is 0 Å². The molecule has 0 unspecified atom stereocenters. The maximum Gasteiger partial charge on any atom is 0.194 e. The van der Waals surface area contributed by atoms with Crippen LogP contribution < -0.4 is 0 Å². The van der Waals surface area contributed by atoms with Crippen molar-refractivity contribution in [2.75, 3.05) is 5.33 Å². The molecule has 14 heavy (non-hydrogen) atoms. The molecule has 0 saturated carbocycles. The Hall–Kier alpha value is -0.770. The molecule has 0 aromatic heterocycles. The second-order valence-electron chi connectivity index (χ2n) is 2.92. The molecule has 0 atom stereocenters. The zero-order chi connectivity index (χ0) is 10.7. The number of hydrogen-bond acceptors (Lipinski definition) is 0. The van der Waals surface area contributed by atoms with E-state index >= 15 is 0 Å². The zero-order valence-electron chi connectivity index (χ0n) is 7.45. The summed E-state index contributed by atoms with van der Waals surface area (Å²) in [6.07, 6.45) is 1.58. The predicted octanol–water partition coefficient (Wildman–Crippen LogP) is 3.90. The van der Waals surface area contributed by atoms with Gasteiger partial charge in [0.05, 0.1) is 0 Å². The Morgan fingerprint density at radius 2 is 1.79 bits per heavy atom. The van der Waals surface area contributed by atoms with Gasteiger partial charge in [-0.3, -0.25) is 0 Å². The highest BCUT2D eigenvalue weighted by atomic mass is 79.9. The summed E-state index contributed by atoms with van der Waals surface area (Å²) >= 11 is 3.19. The first kappa shape index (κ1) is 11.3. The molecule has 0 fully saturated rings. The van der Waals surface area contributed by atoms with Crippen LogP contribution in [0.25, 0.3) is 6.08 Å². The van der Waals surface area contributed by atoms with Crippen molar-refractivity contribution < 1.29 is 13.2 Å². The normalized spacial score (nSPS) is 11.9. The summed E-state index contributed by atoms with van der Waals surface area (Å²) in [5, 5.41) is 0.605. The van der Waals surface area contributed by atoms with Crippen LogP contribution in [0.3, 0.4) is 0 Å². The van der Waals surface area contributed by atoms with E-state index in [1.54, 1.807) is 13.0 Å². The summed E-state index contributed by atoms with van der Waals surface area (Å²) in [5.41, 5.74) is 1.22. The molecule has 0 amide bonds. The molecule has 0 aliphatic rings. The molecule has 4 heteroatoms. The average Bonchev–Trinajstić information content (AvgIpc) is 2.14. The van der Waals surface area contributed by atoms with Gasteiger partial charge in [-0.05, 0) is 24.6 Å². The fourth-order valence-corrected chi connectivity index (χ4v) is 1.14. The molecule has 0 radical (unpaired) electrons. The lowest BCUT2D eigenvalue weighted by atomic mass is 10.1. The van der Waals surface area contributed by atoms with Gasteiger partial charge < -0.3 is 0 Å². The molecule has 0 aliphatic carbocycles. The van der Waals surface area contributed by atoms with Gasteiger partial charge in [0, 0.05) is 5.33 Å². The first-order valence-electron chi connectivity index (χ1n) is 3.92. The van der Waals surface area contributed by atoms with Gasteiger partial charge in [0.2, 0.25) is 0 Å². The minimum absolute atomic E-state index is 0.318. The van der Waals surface area contributed by atoms with Gasteiger partial charge in [0.25, 0.3) is 0 Å². The Balaban J connectivity index is 3.13. The van der Waals surface area contributed by atoms with Crippen LogP contribution in [-0.2, 0) is 0 Å². The van der Waals surface area contributed by atoms with Crippen molar-refractivity contribution in [2.24, 2.45) is 0 Å². The summed E-state index contributed by atoms with van der Waals surface area (Å²) < 4.78 is 38.0. The highest BCUT2D eigenvalue weighted by molar-refractivity contribution is 9.09. The Bertz CT molecular complexity index is 349. The Kier molecular flexibility index (Phi) is 3.75. The van der Waals surface area contributed by atoms with Gasteiger partial charge in [0.15, 0.2) is 17.5 Å². The highest BCUT2D eigenvalue weighted by Crippen LogP contribution is 2.16. The van der Waals surface area contributed by atoms with E-state index in [9.17, 15) is 13.2 Å². The average molecular weight is 265 g/mol. The third-order valence-electron chi connectivity index (χ3n) is 1.63. The molecule has 0 spiro atoms. The Morgan fingerprint density at radius 3 is 2.21 bits per heavy atom. The lowest BCUT2D eigenvalue weighted by Gasteiger charge is -1.99. The van der Waals surface area contributed by atoms with Crippen LogP contribution in [0.5, 0.6) is 0 Å². The smallest absolute Gasteiger partial charge is 0.194 e. The van der Waals surface area contributed by atoms with Gasteiger partial charge in [-0.2, -0.15) is 0 Å². The van der Waals surface area contributed by atoms with Crippen LogP contribution in [0.1, 0.15) is 12.5 Å². The molecule has 1 aromatic carbocycles. The van der Waals surface area contributed by atoms with Crippen molar-refractivity contribution in [3.63, 3.8) is 0 Å². The number of halogens is 4. The largest absolute Gasteiger partial charge is 0.204 e. The maximum atomic E-state index is 12.7. The number of benzene rings is 1. The molecule has 76 valence electrons. The van der Waals surface area contributed by atoms with Gasteiger partial charge in [-0.1, -0.05) is 27.6 Å². The highest BCUT2D eigenvalue weighted by Gasteiger charge is 2.09. The van der Waals surface area contributed by atoms with Gasteiger partial charge >= 0.3 is 0 Å². The fraction of sp³-hybridized carbons (Fsp3) is 0.200. The summed E-state index contributed by atoms with van der Waals surface area (Å²) in [7, 11) is 0. The van der Waals surface area contributed by atoms with Crippen LogP contribution in [0.2, 0.25) is 0 Å². The van der Waals surface area contributed by atoms with Gasteiger partial charge in [0.1, 0.15) is 0 Å². The van der Waals surface area contributed by atoms with Crippen molar-refractivity contribution in [3.05, 3.63) is 40.7 Å². The summed E-state index contributed by atoms with van der Waals surface area (Å²) in [6.45, 7) is 1.80. The van der Waals surface area contributed by atoms with Gasteiger partial charge in [-0.15, -0.1) is 0 Å². The topological polar surface area (TPSA) is 0 Å². The first-order valence-corrected chi connectivity index (χ1v) is 5.04. The third-order valence-corrected chi connectivity index (χ3v) is 2.51. The minimum Gasteiger partial charge on any atom is -0.204 e. The van der Waals surface area contributed by atoms with E-state index in [0.717, 1.165) is 17.7 Å². The number of allylic oxidation sites excluding steroid dienone is 1. The molecular formula is C10H8BrF3. The quantitative estimate of drug-likeness (QED) is 0.562. The third kappa shape index (κ3) is 2.61. The lowest BCUT2D eigenvalue weighted by Crippen LogP contribution is -1.91. The summed E-state index contributed by atoms with van der Waals surface area (Å²) in [4.78, 5) is 0. The van der Waals surface area contributed by atoms with Crippen LogP contribution in [0, 0.1) is 17.5 Å². The first-order chi connectivity index (χ1) is 6.54. The SMILES string of the molecule is CC(=Cc1cc(F)c(F)c(F)c1)CBr. The van der Waals surface area contributed by atoms with Crippen LogP contribution in [-0.4, -0.2) is 5.33 Å². The van der Waals surface area contributed by atoms with Gasteiger partial charge in [-0.25, -0.2) is 13.2 Å². The summed E-state index contributed by atoms with van der Waals surface area (Å²) in [6, 6.07) is 1.93. The van der Waals surface area contributed by atoms with Crippen molar-refractivity contribution >= 4 is 22.0 Å². The van der Waals surface area contributed by atoms with Crippen LogP contribution in [0.4, 0.5) is 13.2 Å². The van der Waals surface area contributed by atoms with E-state index in [1.165, 1.54) is 0 Å². The second-order valence-corrected chi connectivity index (χ2v) is 3.48. The molecule has 1 rings (SSSR count). The Labute approximate surface area is 88.6 Å². The molecule has 0 saturated heterocycles. The second kappa shape index (κ2) is 4.64. The predicted molar refractivity (Wildman–Crippen MR) is 53.8 cm³/mol. The Morgan fingerprint density at radius 1 is 1.29 bits per heavy atom. The molecule has 0 bridgehead atoms. The van der Waals surface area contributed by atoms with Crippen molar-refractivity contribution in [1.29, 1.82) is 0 Å². The fourth-order valence-electron chi connectivity index (χ4n) is 0.982.